The highest BCUT2D eigenvalue weighted by molar-refractivity contribution is 6.31. The van der Waals surface area contributed by atoms with Gasteiger partial charge in [-0.25, -0.2) is 20.2 Å². The molecule has 0 unspecified atom stereocenters. The summed E-state index contributed by atoms with van der Waals surface area (Å²) in [5, 5.41) is 0.802. The number of rotatable bonds is 2. The van der Waals surface area contributed by atoms with Gasteiger partial charge in [0.1, 0.15) is 11.3 Å². The van der Waals surface area contributed by atoms with Gasteiger partial charge in [0, 0.05) is 16.3 Å². The minimum Gasteiger partial charge on any atom is -0.308 e. The first-order valence-corrected chi connectivity index (χ1v) is 5.70. The van der Waals surface area contributed by atoms with Crippen LogP contribution in [-0.2, 0) is 0 Å². The minimum atomic E-state index is -0.451. The summed E-state index contributed by atoms with van der Waals surface area (Å²) in [6.45, 7) is 0. The zero-order valence-corrected chi connectivity index (χ0v) is 9.63. The standard InChI is InChI=1S/C11H10ClFN4/c12-6-3-7-9(8(13)4-6)15-10(5-1-2-5)16-11(7)17-14/h3-5H,1-2,14H2,(H,15,16,17). The molecule has 1 heterocycles. The number of anilines is 1. The molecular formula is C11H10ClFN4. The van der Waals surface area contributed by atoms with Crippen molar-refractivity contribution in [1.82, 2.24) is 9.97 Å². The van der Waals surface area contributed by atoms with Gasteiger partial charge >= 0.3 is 0 Å². The van der Waals surface area contributed by atoms with E-state index in [1.807, 2.05) is 0 Å². The van der Waals surface area contributed by atoms with E-state index in [9.17, 15) is 4.39 Å². The second kappa shape index (κ2) is 3.78. The fourth-order valence-electron chi connectivity index (χ4n) is 1.81. The van der Waals surface area contributed by atoms with Crippen molar-refractivity contribution >= 4 is 28.3 Å². The van der Waals surface area contributed by atoms with E-state index in [1.165, 1.54) is 6.07 Å². The van der Waals surface area contributed by atoms with Gasteiger partial charge in [-0.3, -0.25) is 0 Å². The van der Waals surface area contributed by atoms with Crippen molar-refractivity contribution in [1.29, 1.82) is 0 Å². The van der Waals surface area contributed by atoms with Crippen LogP contribution in [0.25, 0.3) is 10.9 Å². The first-order chi connectivity index (χ1) is 8.19. The van der Waals surface area contributed by atoms with E-state index >= 15 is 0 Å². The highest BCUT2D eigenvalue weighted by Crippen LogP contribution is 2.39. The molecule has 0 aliphatic heterocycles. The van der Waals surface area contributed by atoms with Crippen molar-refractivity contribution in [2.75, 3.05) is 5.43 Å². The van der Waals surface area contributed by atoms with Crippen LogP contribution in [0.2, 0.25) is 5.02 Å². The zero-order chi connectivity index (χ0) is 12.0. The molecule has 6 heteroatoms. The van der Waals surface area contributed by atoms with Crippen LogP contribution in [0, 0.1) is 5.82 Å². The third-order valence-corrected chi connectivity index (χ3v) is 3.03. The largest absolute Gasteiger partial charge is 0.308 e. The van der Waals surface area contributed by atoms with Gasteiger partial charge in [-0.1, -0.05) is 11.6 Å². The summed E-state index contributed by atoms with van der Waals surface area (Å²) in [6, 6.07) is 2.85. The van der Waals surface area contributed by atoms with Crippen LogP contribution >= 0.6 is 11.6 Å². The lowest BCUT2D eigenvalue weighted by molar-refractivity contribution is 0.635. The van der Waals surface area contributed by atoms with Crippen LogP contribution in [0.15, 0.2) is 12.1 Å². The van der Waals surface area contributed by atoms with E-state index in [4.69, 9.17) is 17.4 Å². The fourth-order valence-corrected chi connectivity index (χ4v) is 2.01. The summed E-state index contributed by atoms with van der Waals surface area (Å²) in [5.74, 6) is 6.34. The van der Waals surface area contributed by atoms with Crippen LogP contribution in [0.5, 0.6) is 0 Å². The molecule has 1 saturated carbocycles. The van der Waals surface area contributed by atoms with E-state index in [0.717, 1.165) is 12.8 Å². The van der Waals surface area contributed by atoms with Crippen molar-refractivity contribution in [3.05, 3.63) is 28.8 Å². The second-order valence-electron chi connectivity index (χ2n) is 4.13. The van der Waals surface area contributed by atoms with Crippen molar-refractivity contribution < 1.29 is 4.39 Å². The molecule has 1 aromatic carbocycles. The molecule has 2 aromatic rings. The van der Waals surface area contributed by atoms with Crippen molar-refractivity contribution in [2.24, 2.45) is 5.84 Å². The molecular weight excluding hydrogens is 243 g/mol. The number of hydrogen-bond donors (Lipinski definition) is 2. The van der Waals surface area contributed by atoms with Gasteiger partial charge in [-0.05, 0) is 25.0 Å². The lowest BCUT2D eigenvalue weighted by Crippen LogP contribution is -2.11. The monoisotopic (exact) mass is 252 g/mol. The Morgan fingerprint density at radius 2 is 2.12 bits per heavy atom. The third-order valence-electron chi connectivity index (χ3n) is 2.82. The predicted octanol–water partition coefficient (Wildman–Crippen LogP) is 2.59. The summed E-state index contributed by atoms with van der Waals surface area (Å²) in [4.78, 5) is 8.54. The SMILES string of the molecule is NNc1nc(C2CC2)nc2c(F)cc(Cl)cc12. The van der Waals surface area contributed by atoms with Gasteiger partial charge in [0.15, 0.2) is 11.6 Å². The van der Waals surface area contributed by atoms with Gasteiger partial charge in [0.2, 0.25) is 0 Å². The normalized spacial score (nSPS) is 15.2. The van der Waals surface area contributed by atoms with Gasteiger partial charge in [0.05, 0.1) is 0 Å². The Kier molecular flexibility index (Phi) is 2.38. The molecule has 17 heavy (non-hydrogen) atoms. The number of hydrazine groups is 1. The Labute approximate surface area is 102 Å². The highest BCUT2D eigenvalue weighted by Gasteiger charge is 2.28. The van der Waals surface area contributed by atoms with E-state index in [-0.39, 0.29) is 5.52 Å². The number of benzene rings is 1. The molecule has 4 nitrogen and oxygen atoms in total. The van der Waals surface area contributed by atoms with Crippen LogP contribution in [0.3, 0.4) is 0 Å². The van der Waals surface area contributed by atoms with E-state index in [2.05, 4.69) is 15.4 Å². The molecule has 1 aromatic heterocycles. The van der Waals surface area contributed by atoms with Crippen LogP contribution < -0.4 is 11.3 Å². The molecule has 88 valence electrons. The maximum absolute atomic E-state index is 13.8. The highest BCUT2D eigenvalue weighted by atomic mass is 35.5. The third kappa shape index (κ3) is 1.81. The maximum atomic E-state index is 13.8. The van der Waals surface area contributed by atoms with Gasteiger partial charge in [-0.2, -0.15) is 0 Å². The molecule has 0 amide bonds. The lowest BCUT2D eigenvalue weighted by Gasteiger charge is -2.08. The molecule has 0 atom stereocenters. The molecule has 0 radical (unpaired) electrons. The van der Waals surface area contributed by atoms with Crippen molar-refractivity contribution in [3.8, 4) is 0 Å². The second-order valence-corrected chi connectivity index (χ2v) is 4.57. The molecule has 1 fully saturated rings. The molecule has 0 saturated heterocycles. The minimum absolute atomic E-state index is 0.263. The quantitative estimate of drug-likeness (QED) is 0.637. The summed E-state index contributed by atoms with van der Waals surface area (Å²) in [7, 11) is 0. The smallest absolute Gasteiger partial charge is 0.151 e. The maximum Gasteiger partial charge on any atom is 0.151 e. The van der Waals surface area contributed by atoms with Gasteiger partial charge in [0.25, 0.3) is 0 Å². The summed E-state index contributed by atoms with van der Waals surface area (Å²) < 4.78 is 13.8. The molecule has 3 rings (SSSR count). The average Bonchev–Trinajstić information content (AvgIpc) is 3.11. The van der Waals surface area contributed by atoms with Crippen LogP contribution in [-0.4, -0.2) is 9.97 Å². The number of nitrogens with zero attached hydrogens (tertiary/aromatic N) is 2. The molecule has 1 aliphatic rings. The van der Waals surface area contributed by atoms with Gasteiger partial charge in [-0.15, -0.1) is 0 Å². The molecule has 0 spiro atoms. The van der Waals surface area contributed by atoms with Crippen molar-refractivity contribution in [2.45, 2.75) is 18.8 Å². The van der Waals surface area contributed by atoms with E-state index in [0.29, 0.717) is 28.0 Å². The summed E-state index contributed by atoms with van der Waals surface area (Å²) >= 11 is 5.80. The fraction of sp³-hybridized carbons (Fsp3) is 0.273. The number of fused-ring (bicyclic) bond motifs is 1. The van der Waals surface area contributed by atoms with Crippen molar-refractivity contribution in [3.63, 3.8) is 0 Å². The number of nitrogen functional groups attached to an aromatic ring is 1. The number of nitrogens with one attached hydrogen (secondary N) is 1. The first-order valence-electron chi connectivity index (χ1n) is 5.32. The Bertz CT molecular complexity index is 598. The zero-order valence-electron chi connectivity index (χ0n) is 8.87. The number of halogens is 2. The number of nitrogens with two attached hydrogens (primary N) is 1. The lowest BCUT2D eigenvalue weighted by atomic mass is 10.2. The van der Waals surface area contributed by atoms with Crippen LogP contribution in [0.1, 0.15) is 24.6 Å². The Balaban J connectivity index is 2.31. The predicted molar refractivity (Wildman–Crippen MR) is 64.3 cm³/mol. The average molecular weight is 253 g/mol. The topological polar surface area (TPSA) is 63.8 Å². The summed E-state index contributed by atoms with van der Waals surface area (Å²) in [5.41, 5.74) is 2.73. The van der Waals surface area contributed by atoms with E-state index < -0.39 is 5.82 Å². The van der Waals surface area contributed by atoms with Gasteiger partial charge < -0.3 is 5.43 Å². The summed E-state index contributed by atoms with van der Waals surface area (Å²) in [6.07, 6.45) is 2.09. The van der Waals surface area contributed by atoms with E-state index in [1.54, 1.807) is 6.07 Å². The molecule has 3 N–H and O–H groups in total. The van der Waals surface area contributed by atoms with Crippen LogP contribution in [0.4, 0.5) is 10.2 Å². The number of hydrogen-bond acceptors (Lipinski definition) is 4. The Morgan fingerprint density at radius 3 is 2.76 bits per heavy atom. The molecule has 1 aliphatic carbocycles. The first kappa shape index (κ1) is 10.7. The Hall–Kier alpha value is -1.46. The number of aromatic nitrogens is 2. The Morgan fingerprint density at radius 1 is 1.35 bits per heavy atom. The molecule has 0 bridgehead atoms.